The summed E-state index contributed by atoms with van der Waals surface area (Å²) in [5.74, 6) is 0. The maximum absolute atomic E-state index is 11.2. The average molecular weight is 176 g/mol. The Balaban J connectivity index is 2.92. The number of aliphatic hydroxyl groups excluding tert-OH is 1. The number of rotatable bonds is 1. The first kappa shape index (κ1) is 8.01. The predicted octanol–water partition coefficient (Wildman–Crippen LogP) is 1.29. The maximum Gasteiger partial charge on any atom is 0.343 e. The van der Waals surface area contributed by atoms with Crippen LogP contribution >= 0.6 is 0 Å². The predicted molar refractivity (Wildman–Crippen MR) is 48.4 cm³/mol. The molecule has 1 heterocycles. The van der Waals surface area contributed by atoms with Gasteiger partial charge in [-0.1, -0.05) is 12.1 Å². The second kappa shape index (κ2) is 3.03. The lowest BCUT2D eigenvalue weighted by molar-refractivity contribution is 0.283. The molecular weight excluding hydrogens is 168 g/mol. The summed E-state index contributed by atoms with van der Waals surface area (Å²) in [7, 11) is 0. The molecule has 1 aromatic carbocycles. The molecule has 0 aliphatic heterocycles. The Morgan fingerprint density at radius 1 is 1.23 bits per heavy atom. The summed E-state index contributed by atoms with van der Waals surface area (Å²) in [6.07, 6.45) is 1.34. The minimum Gasteiger partial charge on any atom is -0.431 e. The molecule has 0 saturated carbocycles. The van der Waals surface area contributed by atoms with Crippen LogP contribution < -0.4 is 5.63 Å². The Morgan fingerprint density at radius 2 is 2.08 bits per heavy atom. The first-order chi connectivity index (χ1) is 6.33. The van der Waals surface area contributed by atoms with E-state index in [0.29, 0.717) is 5.39 Å². The molecule has 0 fully saturated rings. The monoisotopic (exact) mass is 176 g/mol. The largest absolute Gasteiger partial charge is 0.431 e. The molecule has 2 rings (SSSR count). The second-order valence-electron chi connectivity index (χ2n) is 2.74. The second-order valence-corrected chi connectivity index (χ2v) is 2.74. The van der Waals surface area contributed by atoms with Crippen molar-refractivity contribution in [2.45, 2.75) is 6.61 Å². The third-order valence-electron chi connectivity index (χ3n) is 2.00. The van der Waals surface area contributed by atoms with Crippen molar-refractivity contribution in [3.8, 4) is 0 Å². The minimum atomic E-state index is -0.368. The van der Waals surface area contributed by atoms with Crippen molar-refractivity contribution >= 4 is 10.8 Å². The summed E-state index contributed by atoms with van der Waals surface area (Å²) < 4.78 is 4.70. The Hall–Kier alpha value is -1.61. The fourth-order valence-corrected chi connectivity index (χ4v) is 1.35. The molecular formula is C10H8O3. The third-order valence-corrected chi connectivity index (χ3v) is 2.00. The SMILES string of the molecule is O=c1occc2c(CO)cccc12. The van der Waals surface area contributed by atoms with E-state index in [4.69, 9.17) is 9.52 Å². The van der Waals surface area contributed by atoms with Crippen molar-refractivity contribution in [3.05, 3.63) is 46.5 Å². The van der Waals surface area contributed by atoms with E-state index < -0.39 is 0 Å². The average Bonchev–Trinajstić information content (AvgIpc) is 2.18. The van der Waals surface area contributed by atoms with Crippen LogP contribution in [0.2, 0.25) is 0 Å². The first-order valence-corrected chi connectivity index (χ1v) is 3.93. The van der Waals surface area contributed by atoms with E-state index in [9.17, 15) is 4.79 Å². The minimum absolute atomic E-state index is 0.0687. The molecule has 0 radical (unpaired) electrons. The topological polar surface area (TPSA) is 50.4 Å². The van der Waals surface area contributed by atoms with Gasteiger partial charge >= 0.3 is 5.63 Å². The highest BCUT2D eigenvalue weighted by Gasteiger charge is 2.02. The lowest BCUT2D eigenvalue weighted by Gasteiger charge is -2.00. The summed E-state index contributed by atoms with van der Waals surface area (Å²) in [5.41, 5.74) is 0.373. The number of benzene rings is 1. The highest BCUT2D eigenvalue weighted by atomic mass is 16.4. The van der Waals surface area contributed by atoms with E-state index >= 15 is 0 Å². The van der Waals surface area contributed by atoms with Crippen LogP contribution in [-0.2, 0) is 6.61 Å². The fourth-order valence-electron chi connectivity index (χ4n) is 1.35. The molecule has 0 saturated heterocycles. The van der Waals surface area contributed by atoms with E-state index in [1.165, 1.54) is 6.26 Å². The van der Waals surface area contributed by atoms with Crippen LogP contribution in [0.5, 0.6) is 0 Å². The van der Waals surface area contributed by atoms with Crippen LogP contribution in [0.25, 0.3) is 10.8 Å². The van der Waals surface area contributed by atoms with Crippen LogP contribution in [0, 0.1) is 0 Å². The Morgan fingerprint density at radius 3 is 2.85 bits per heavy atom. The van der Waals surface area contributed by atoms with Gasteiger partial charge in [0.1, 0.15) is 0 Å². The van der Waals surface area contributed by atoms with E-state index in [1.54, 1.807) is 24.3 Å². The van der Waals surface area contributed by atoms with Gasteiger partial charge < -0.3 is 9.52 Å². The Labute approximate surface area is 74.2 Å². The first-order valence-electron chi connectivity index (χ1n) is 3.93. The zero-order valence-electron chi connectivity index (χ0n) is 6.86. The molecule has 0 aliphatic rings. The molecule has 0 spiro atoms. The van der Waals surface area contributed by atoms with Gasteiger partial charge in [-0.25, -0.2) is 4.79 Å². The van der Waals surface area contributed by atoms with Crippen LogP contribution in [0.3, 0.4) is 0 Å². The van der Waals surface area contributed by atoms with Gasteiger partial charge in [0.25, 0.3) is 0 Å². The quantitative estimate of drug-likeness (QED) is 0.712. The smallest absolute Gasteiger partial charge is 0.343 e. The standard InChI is InChI=1S/C10H8O3/c11-6-7-2-1-3-9-8(7)4-5-13-10(9)12/h1-5,11H,6H2. The number of hydrogen-bond donors (Lipinski definition) is 1. The van der Waals surface area contributed by atoms with Gasteiger partial charge in [-0.3, -0.25) is 0 Å². The molecule has 66 valence electrons. The van der Waals surface area contributed by atoms with Crippen molar-refractivity contribution in [2.24, 2.45) is 0 Å². The molecule has 1 aromatic heterocycles. The molecule has 0 aliphatic carbocycles. The molecule has 1 N–H and O–H groups in total. The lowest BCUT2D eigenvalue weighted by atomic mass is 10.1. The summed E-state index contributed by atoms with van der Waals surface area (Å²) in [5, 5.41) is 10.3. The fraction of sp³-hybridized carbons (Fsp3) is 0.100. The van der Waals surface area contributed by atoms with Crippen LogP contribution in [0.1, 0.15) is 5.56 Å². The van der Waals surface area contributed by atoms with Crippen LogP contribution in [0.4, 0.5) is 0 Å². The van der Waals surface area contributed by atoms with Gasteiger partial charge in [0.15, 0.2) is 0 Å². The van der Waals surface area contributed by atoms with Crippen LogP contribution in [0.15, 0.2) is 39.7 Å². The molecule has 0 unspecified atom stereocenters. The van der Waals surface area contributed by atoms with E-state index in [2.05, 4.69) is 0 Å². The molecule has 0 atom stereocenters. The maximum atomic E-state index is 11.2. The van der Waals surface area contributed by atoms with Crippen molar-refractivity contribution in [1.82, 2.24) is 0 Å². The van der Waals surface area contributed by atoms with Gasteiger partial charge in [0.05, 0.1) is 18.3 Å². The third kappa shape index (κ3) is 1.23. The lowest BCUT2D eigenvalue weighted by Crippen LogP contribution is -1.99. The summed E-state index contributed by atoms with van der Waals surface area (Å²) in [6, 6.07) is 6.87. The van der Waals surface area contributed by atoms with Gasteiger partial charge in [0, 0.05) is 0 Å². The van der Waals surface area contributed by atoms with Crippen molar-refractivity contribution in [3.63, 3.8) is 0 Å². The van der Waals surface area contributed by atoms with Crippen molar-refractivity contribution in [2.75, 3.05) is 0 Å². The highest BCUT2D eigenvalue weighted by molar-refractivity contribution is 5.84. The highest BCUT2D eigenvalue weighted by Crippen LogP contribution is 2.14. The molecule has 0 amide bonds. The molecule has 3 nitrogen and oxygen atoms in total. The number of aliphatic hydroxyl groups is 1. The van der Waals surface area contributed by atoms with Gasteiger partial charge in [-0.2, -0.15) is 0 Å². The summed E-state index contributed by atoms with van der Waals surface area (Å²) >= 11 is 0. The van der Waals surface area contributed by atoms with Crippen molar-refractivity contribution in [1.29, 1.82) is 0 Å². The zero-order valence-corrected chi connectivity index (χ0v) is 6.86. The van der Waals surface area contributed by atoms with Gasteiger partial charge in [-0.05, 0) is 23.1 Å². The van der Waals surface area contributed by atoms with Gasteiger partial charge in [0.2, 0.25) is 0 Å². The molecule has 2 aromatic rings. The molecule has 3 heteroatoms. The van der Waals surface area contributed by atoms with Gasteiger partial charge in [-0.15, -0.1) is 0 Å². The summed E-state index contributed by atoms with van der Waals surface area (Å²) in [4.78, 5) is 11.2. The van der Waals surface area contributed by atoms with E-state index in [1.807, 2.05) is 0 Å². The Bertz CT molecular complexity index is 485. The number of fused-ring (bicyclic) bond motifs is 1. The van der Waals surface area contributed by atoms with E-state index in [-0.39, 0.29) is 12.2 Å². The summed E-state index contributed by atoms with van der Waals surface area (Å²) in [6.45, 7) is -0.0687. The van der Waals surface area contributed by atoms with Crippen molar-refractivity contribution < 1.29 is 9.52 Å². The normalized spacial score (nSPS) is 10.5. The molecule has 13 heavy (non-hydrogen) atoms. The zero-order chi connectivity index (χ0) is 9.26. The number of hydrogen-bond acceptors (Lipinski definition) is 3. The van der Waals surface area contributed by atoms with Crippen LogP contribution in [-0.4, -0.2) is 5.11 Å². The Kier molecular flexibility index (Phi) is 1.87. The molecule has 0 bridgehead atoms. The van der Waals surface area contributed by atoms with E-state index in [0.717, 1.165) is 10.9 Å².